The normalized spacial score (nSPS) is 25.7. The van der Waals surface area contributed by atoms with Crippen LogP contribution in [0.5, 0.6) is 0 Å². The highest BCUT2D eigenvalue weighted by Crippen LogP contribution is 2.53. The number of benzene rings is 2. The largest absolute Gasteiger partial charge is 0.371 e. The van der Waals surface area contributed by atoms with Gasteiger partial charge < -0.3 is 9.80 Å². The molecule has 2 saturated heterocycles. The van der Waals surface area contributed by atoms with E-state index in [4.69, 9.17) is 0 Å². The average Bonchev–Trinajstić information content (AvgIpc) is 3.61. The third-order valence-electron chi connectivity index (χ3n) is 12.5. The van der Waals surface area contributed by atoms with E-state index in [1.165, 1.54) is 103 Å². The van der Waals surface area contributed by atoms with Crippen LogP contribution >= 0.6 is 0 Å². The van der Waals surface area contributed by atoms with Crippen LogP contribution in [0.1, 0.15) is 68.9 Å². The SMILES string of the molecule is O=S(=O)(c1ccncc1)c1ccc(N2CC(CN3CCC(C4(C5CCCC5)CN(CC5CCC5)Cc5ccccc54)CC3)C2)cc1. The zero-order valence-electron chi connectivity index (χ0n) is 27.3. The first-order valence-electron chi connectivity index (χ1n) is 18.0. The molecule has 1 atom stereocenters. The van der Waals surface area contributed by atoms with E-state index in [2.05, 4.69) is 43.9 Å². The van der Waals surface area contributed by atoms with Crippen LogP contribution < -0.4 is 4.90 Å². The molecule has 0 spiro atoms. The van der Waals surface area contributed by atoms with Gasteiger partial charge >= 0.3 is 0 Å². The standard InChI is InChI=1S/C39H50N4O2S/c44-46(45,37-16-20-40-21-17-37)36-14-12-35(13-15-36)43-26-31(27-43)25-41-22-18-34(19-23-41)39(33-9-2-3-10-33)29-42(24-30-6-5-7-30)28-32-8-1-4-11-38(32)39/h1,4,8,11-17,20-21,30-31,33-34H,2-3,5-7,9-10,18-19,22-29H2. The predicted octanol–water partition coefficient (Wildman–Crippen LogP) is 6.81. The summed E-state index contributed by atoms with van der Waals surface area (Å²) >= 11 is 0. The Balaban J connectivity index is 0.901. The number of likely N-dealkylation sites (tertiary alicyclic amines) is 1. The summed E-state index contributed by atoms with van der Waals surface area (Å²) < 4.78 is 26.0. The molecule has 46 heavy (non-hydrogen) atoms. The molecule has 7 heteroatoms. The summed E-state index contributed by atoms with van der Waals surface area (Å²) in [6.07, 6.45) is 15.7. The molecule has 2 aliphatic carbocycles. The molecule has 3 aromatic rings. The molecule has 4 fully saturated rings. The second-order valence-electron chi connectivity index (χ2n) is 15.2. The molecule has 3 aliphatic heterocycles. The maximum Gasteiger partial charge on any atom is 0.206 e. The van der Waals surface area contributed by atoms with Crippen molar-refractivity contribution < 1.29 is 8.42 Å². The Morgan fingerprint density at radius 2 is 1.35 bits per heavy atom. The zero-order valence-corrected chi connectivity index (χ0v) is 28.1. The minimum atomic E-state index is -3.51. The van der Waals surface area contributed by atoms with E-state index in [1.807, 2.05) is 12.1 Å². The molecule has 2 aromatic carbocycles. The van der Waals surface area contributed by atoms with Crippen molar-refractivity contribution in [1.82, 2.24) is 14.8 Å². The maximum atomic E-state index is 13.0. The Bertz CT molecular complexity index is 1590. The first kappa shape index (κ1) is 30.6. The van der Waals surface area contributed by atoms with Crippen molar-refractivity contribution in [2.75, 3.05) is 50.7 Å². The molecule has 244 valence electrons. The van der Waals surface area contributed by atoms with Gasteiger partial charge in [0, 0.05) is 68.7 Å². The minimum absolute atomic E-state index is 0.288. The summed E-state index contributed by atoms with van der Waals surface area (Å²) in [6, 6.07) is 20.1. The molecule has 2 saturated carbocycles. The van der Waals surface area contributed by atoms with Crippen LogP contribution in [0.3, 0.4) is 0 Å². The van der Waals surface area contributed by atoms with Crippen molar-refractivity contribution in [2.45, 2.75) is 79.5 Å². The van der Waals surface area contributed by atoms with Crippen molar-refractivity contribution in [3.05, 3.63) is 84.2 Å². The Morgan fingerprint density at radius 1 is 0.696 bits per heavy atom. The van der Waals surface area contributed by atoms with E-state index in [0.717, 1.165) is 43.1 Å². The zero-order chi connectivity index (χ0) is 31.1. The Hall–Kier alpha value is -2.74. The fourth-order valence-corrected chi connectivity index (χ4v) is 11.1. The number of sulfone groups is 1. The van der Waals surface area contributed by atoms with E-state index < -0.39 is 9.84 Å². The quantitative estimate of drug-likeness (QED) is 0.257. The summed E-state index contributed by atoms with van der Waals surface area (Å²) in [6.45, 7) is 9.47. The maximum absolute atomic E-state index is 13.0. The topological polar surface area (TPSA) is 56.8 Å². The van der Waals surface area contributed by atoms with Gasteiger partial charge in [-0.3, -0.25) is 9.88 Å². The van der Waals surface area contributed by atoms with Crippen LogP contribution in [0.2, 0.25) is 0 Å². The molecule has 8 rings (SSSR count). The Morgan fingerprint density at radius 3 is 2.04 bits per heavy atom. The minimum Gasteiger partial charge on any atom is -0.371 e. The highest BCUT2D eigenvalue weighted by Gasteiger charge is 2.51. The summed E-state index contributed by atoms with van der Waals surface area (Å²) in [4.78, 5) is 12.6. The van der Waals surface area contributed by atoms with Gasteiger partial charge in [-0.1, -0.05) is 43.5 Å². The van der Waals surface area contributed by atoms with Crippen LogP contribution in [0.15, 0.2) is 82.8 Å². The predicted molar refractivity (Wildman–Crippen MR) is 184 cm³/mol. The van der Waals surface area contributed by atoms with Crippen LogP contribution in [-0.2, 0) is 21.8 Å². The molecule has 5 aliphatic rings. The van der Waals surface area contributed by atoms with Gasteiger partial charge in [-0.25, -0.2) is 8.42 Å². The van der Waals surface area contributed by atoms with Crippen LogP contribution in [-0.4, -0.2) is 69.0 Å². The third-order valence-corrected chi connectivity index (χ3v) is 14.3. The van der Waals surface area contributed by atoms with E-state index in [-0.39, 0.29) is 4.90 Å². The van der Waals surface area contributed by atoms with Gasteiger partial charge in [0.25, 0.3) is 0 Å². The van der Waals surface area contributed by atoms with Gasteiger partial charge in [0.2, 0.25) is 9.84 Å². The summed E-state index contributed by atoms with van der Waals surface area (Å²) in [7, 11) is -3.51. The molecular formula is C39H50N4O2S. The summed E-state index contributed by atoms with van der Waals surface area (Å²) in [5.74, 6) is 3.21. The second-order valence-corrected chi connectivity index (χ2v) is 17.1. The van der Waals surface area contributed by atoms with Crippen molar-refractivity contribution >= 4 is 15.5 Å². The fraction of sp³-hybridized carbons (Fsp3) is 0.564. The molecule has 0 amide bonds. The Kier molecular flexibility index (Phi) is 8.45. The van der Waals surface area contributed by atoms with Crippen LogP contribution in [0.4, 0.5) is 5.69 Å². The monoisotopic (exact) mass is 638 g/mol. The van der Waals surface area contributed by atoms with Gasteiger partial charge in [-0.2, -0.15) is 0 Å². The average molecular weight is 639 g/mol. The van der Waals surface area contributed by atoms with Gasteiger partial charge in [0.1, 0.15) is 0 Å². The van der Waals surface area contributed by atoms with Crippen molar-refractivity contribution in [2.24, 2.45) is 23.7 Å². The lowest BCUT2D eigenvalue weighted by atomic mass is 9.57. The number of hydrogen-bond donors (Lipinski definition) is 0. The molecule has 6 nitrogen and oxygen atoms in total. The second kappa shape index (κ2) is 12.7. The highest BCUT2D eigenvalue weighted by atomic mass is 32.2. The Labute approximate surface area is 276 Å². The molecule has 4 heterocycles. The first-order chi connectivity index (χ1) is 22.5. The van der Waals surface area contributed by atoms with Crippen LogP contribution in [0.25, 0.3) is 0 Å². The van der Waals surface area contributed by atoms with E-state index in [9.17, 15) is 8.42 Å². The van der Waals surface area contributed by atoms with Crippen molar-refractivity contribution in [1.29, 1.82) is 0 Å². The summed E-state index contributed by atoms with van der Waals surface area (Å²) in [5, 5.41) is 0. The number of aromatic nitrogens is 1. The molecule has 1 aromatic heterocycles. The van der Waals surface area contributed by atoms with E-state index >= 15 is 0 Å². The van der Waals surface area contributed by atoms with Gasteiger partial charge in [-0.15, -0.1) is 0 Å². The third kappa shape index (κ3) is 5.71. The molecular weight excluding hydrogens is 589 g/mol. The van der Waals surface area contributed by atoms with Gasteiger partial charge in [0.15, 0.2) is 0 Å². The fourth-order valence-electron chi connectivity index (χ4n) is 9.89. The van der Waals surface area contributed by atoms with Crippen molar-refractivity contribution in [3.63, 3.8) is 0 Å². The van der Waals surface area contributed by atoms with Gasteiger partial charge in [0.05, 0.1) is 9.79 Å². The van der Waals surface area contributed by atoms with Crippen LogP contribution in [0, 0.1) is 23.7 Å². The number of rotatable bonds is 9. The number of piperidine rings is 1. The number of anilines is 1. The van der Waals surface area contributed by atoms with E-state index in [0.29, 0.717) is 16.2 Å². The smallest absolute Gasteiger partial charge is 0.206 e. The number of pyridine rings is 1. The highest BCUT2D eigenvalue weighted by molar-refractivity contribution is 7.91. The molecule has 0 bridgehead atoms. The molecule has 1 unspecified atom stereocenters. The molecule has 0 N–H and O–H groups in total. The van der Waals surface area contributed by atoms with Gasteiger partial charge in [-0.05, 0) is 117 Å². The molecule has 0 radical (unpaired) electrons. The lowest BCUT2D eigenvalue weighted by molar-refractivity contribution is 0.0244. The lowest BCUT2D eigenvalue weighted by Gasteiger charge is -2.55. The van der Waals surface area contributed by atoms with E-state index in [1.54, 1.807) is 35.4 Å². The summed E-state index contributed by atoms with van der Waals surface area (Å²) in [5.41, 5.74) is 4.79. The number of hydrogen-bond acceptors (Lipinski definition) is 6. The van der Waals surface area contributed by atoms with Crippen molar-refractivity contribution in [3.8, 4) is 0 Å². The first-order valence-corrected chi connectivity index (χ1v) is 19.5. The lowest BCUT2D eigenvalue weighted by Crippen LogP contribution is -2.57. The number of fused-ring (bicyclic) bond motifs is 1. The number of nitrogens with zero attached hydrogens (tertiary/aromatic N) is 4.